The van der Waals surface area contributed by atoms with Gasteiger partial charge in [0.15, 0.2) is 5.78 Å². The van der Waals surface area contributed by atoms with Crippen LogP contribution in [0.3, 0.4) is 0 Å². The number of amides is 1. The van der Waals surface area contributed by atoms with Gasteiger partial charge in [-0.2, -0.15) is 0 Å². The van der Waals surface area contributed by atoms with Gasteiger partial charge < -0.3 is 10.4 Å². The van der Waals surface area contributed by atoms with E-state index in [2.05, 4.69) is 5.32 Å². The Morgan fingerprint density at radius 2 is 1.60 bits per heavy atom. The second kappa shape index (κ2) is 6.12. The number of benzene rings is 2. The van der Waals surface area contributed by atoms with Gasteiger partial charge in [0.2, 0.25) is 5.91 Å². The molecular weight excluding hydrogens is 254 g/mol. The average Bonchev–Trinajstić information content (AvgIpc) is 2.47. The number of ketones is 1. The third kappa shape index (κ3) is 3.30. The molecule has 0 aliphatic carbocycles. The van der Waals surface area contributed by atoms with Gasteiger partial charge >= 0.3 is 0 Å². The van der Waals surface area contributed by atoms with Gasteiger partial charge in [0, 0.05) is 18.2 Å². The number of carbonyl (C=O) groups excluding carboxylic acids is 2. The zero-order valence-corrected chi connectivity index (χ0v) is 11.0. The minimum Gasteiger partial charge on any atom is -0.380 e. The number of Topliss-reactive ketones (excluding diaryl/α,β-unsaturated/α-hetero) is 1. The van der Waals surface area contributed by atoms with E-state index in [0.717, 1.165) is 0 Å². The van der Waals surface area contributed by atoms with Crippen LogP contribution in [0, 0.1) is 0 Å². The summed E-state index contributed by atoms with van der Waals surface area (Å²) in [6.07, 6.45) is -1.18. The van der Waals surface area contributed by atoms with Crippen molar-refractivity contribution in [2.75, 3.05) is 5.32 Å². The highest BCUT2D eigenvalue weighted by molar-refractivity contribution is 6.00. The van der Waals surface area contributed by atoms with E-state index >= 15 is 0 Å². The number of carbonyl (C=O) groups is 2. The summed E-state index contributed by atoms with van der Waals surface area (Å²) in [6.45, 7) is 1.41. The molecule has 0 saturated carbocycles. The lowest BCUT2D eigenvalue weighted by molar-refractivity contribution is -0.114. The quantitative estimate of drug-likeness (QED) is 0.838. The van der Waals surface area contributed by atoms with E-state index in [1.165, 1.54) is 6.92 Å². The number of hydrogen-bond acceptors (Lipinski definition) is 3. The molecule has 0 aromatic heterocycles. The van der Waals surface area contributed by atoms with Crippen molar-refractivity contribution in [2.45, 2.75) is 13.0 Å². The molecule has 4 nitrogen and oxygen atoms in total. The Labute approximate surface area is 117 Å². The second-order valence-electron chi connectivity index (χ2n) is 4.44. The highest BCUT2D eigenvalue weighted by Crippen LogP contribution is 2.19. The molecule has 0 radical (unpaired) electrons. The van der Waals surface area contributed by atoms with Crippen LogP contribution in [0.5, 0.6) is 0 Å². The van der Waals surface area contributed by atoms with Crippen molar-refractivity contribution in [3.05, 3.63) is 65.7 Å². The lowest BCUT2D eigenvalue weighted by Crippen LogP contribution is -2.12. The van der Waals surface area contributed by atoms with Crippen molar-refractivity contribution in [3.8, 4) is 0 Å². The molecule has 0 aliphatic heterocycles. The largest absolute Gasteiger partial charge is 0.380 e. The van der Waals surface area contributed by atoms with Crippen LogP contribution in [0.2, 0.25) is 0 Å². The zero-order valence-electron chi connectivity index (χ0n) is 11.0. The molecule has 0 heterocycles. The number of hydrogen-bond donors (Lipinski definition) is 2. The maximum atomic E-state index is 12.1. The molecule has 0 bridgehead atoms. The molecule has 2 aromatic rings. The van der Waals surface area contributed by atoms with Gasteiger partial charge in [-0.3, -0.25) is 9.59 Å². The van der Waals surface area contributed by atoms with Crippen LogP contribution in [0.4, 0.5) is 5.69 Å². The lowest BCUT2D eigenvalue weighted by Gasteiger charge is -2.10. The van der Waals surface area contributed by atoms with E-state index in [1.54, 1.807) is 48.5 Å². The van der Waals surface area contributed by atoms with Crippen molar-refractivity contribution in [1.29, 1.82) is 0 Å². The molecule has 2 aromatic carbocycles. The molecule has 20 heavy (non-hydrogen) atoms. The van der Waals surface area contributed by atoms with Gasteiger partial charge in [-0.1, -0.05) is 30.3 Å². The second-order valence-corrected chi connectivity index (χ2v) is 4.44. The summed E-state index contributed by atoms with van der Waals surface area (Å²) >= 11 is 0. The van der Waals surface area contributed by atoms with Gasteiger partial charge in [-0.05, 0) is 29.8 Å². The van der Waals surface area contributed by atoms with Crippen LogP contribution >= 0.6 is 0 Å². The molecular formula is C16H15NO3. The number of aliphatic hydroxyl groups is 1. The Hall–Kier alpha value is -2.46. The van der Waals surface area contributed by atoms with E-state index in [1.807, 2.05) is 6.07 Å². The fraction of sp³-hybridized carbons (Fsp3) is 0.125. The highest BCUT2D eigenvalue weighted by Gasteiger charge is 2.18. The Balaban J connectivity index is 2.15. The van der Waals surface area contributed by atoms with Crippen LogP contribution in [0.1, 0.15) is 28.9 Å². The predicted octanol–water partition coefficient (Wildman–Crippen LogP) is 2.56. The smallest absolute Gasteiger partial charge is 0.221 e. The molecule has 4 heteroatoms. The van der Waals surface area contributed by atoms with Gasteiger partial charge in [0.25, 0.3) is 0 Å². The maximum Gasteiger partial charge on any atom is 0.221 e. The van der Waals surface area contributed by atoms with Crippen LogP contribution < -0.4 is 5.32 Å². The highest BCUT2D eigenvalue weighted by atomic mass is 16.3. The molecule has 1 unspecified atom stereocenters. The third-order valence-corrected chi connectivity index (χ3v) is 2.85. The Kier molecular flexibility index (Phi) is 4.27. The van der Waals surface area contributed by atoms with E-state index < -0.39 is 6.10 Å². The number of anilines is 1. The Morgan fingerprint density at radius 3 is 2.15 bits per heavy atom. The van der Waals surface area contributed by atoms with Crippen LogP contribution in [0.15, 0.2) is 54.6 Å². The molecule has 2 N–H and O–H groups in total. The minimum atomic E-state index is -1.18. The molecule has 1 amide bonds. The first-order valence-electron chi connectivity index (χ1n) is 6.23. The predicted molar refractivity (Wildman–Crippen MR) is 76.5 cm³/mol. The summed E-state index contributed by atoms with van der Waals surface area (Å²) in [4.78, 5) is 23.0. The molecule has 0 spiro atoms. The molecule has 102 valence electrons. The fourth-order valence-electron chi connectivity index (χ4n) is 1.87. The number of aliphatic hydroxyl groups excluding tert-OH is 1. The number of rotatable bonds is 4. The summed E-state index contributed by atoms with van der Waals surface area (Å²) in [7, 11) is 0. The summed E-state index contributed by atoms with van der Waals surface area (Å²) in [5.74, 6) is -0.543. The van der Waals surface area contributed by atoms with E-state index in [9.17, 15) is 14.7 Å². The summed E-state index contributed by atoms with van der Waals surface area (Å²) < 4.78 is 0. The van der Waals surface area contributed by atoms with E-state index in [0.29, 0.717) is 16.8 Å². The monoisotopic (exact) mass is 269 g/mol. The van der Waals surface area contributed by atoms with Crippen LogP contribution in [-0.2, 0) is 4.79 Å². The van der Waals surface area contributed by atoms with Crippen LogP contribution in [-0.4, -0.2) is 16.8 Å². The maximum absolute atomic E-state index is 12.1. The topological polar surface area (TPSA) is 66.4 Å². The van der Waals surface area contributed by atoms with Gasteiger partial charge in [0.05, 0.1) is 0 Å². The van der Waals surface area contributed by atoms with Crippen LogP contribution in [0.25, 0.3) is 0 Å². The summed E-state index contributed by atoms with van der Waals surface area (Å²) in [6, 6.07) is 15.2. The van der Waals surface area contributed by atoms with Crippen molar-refractivity contribution < 1.29 is 14.7 Å². The molecule has 1 atom stereocenters. The van der Waals surface area contributed by atoms with Crippen molar-refractivity contribution >= 4 is 17.4 Å². The zero-order chi connectivity index (χ0) is 14.5. The Morgan fingerprint density at radius 1 is 1.00 bits per heavy atom. The van der Waals surface area contributed by atoms with Crippen molar-refractivity contribution in [2.24, 2.45) is 0 Å². The average molecular weight is 269 g/mol. The van der Waals surface area contributed by atoms with Gasteiger partial charge in [-0.25, -0.2) is 0 Å². The van der Waals surface area contributed by atoms with E-state index in [4.69, 9.17) is 0 Å². The standard InChI is InChI=1S/C16H15NO3/c1-11(18)17-14-9-7-13(8-10-14)16(20)15(19)12-5-3-2-4-6-12/h2-10,15,19H,1H3,(H,17,18). The Bertz CT molecular complexity index is 605. The van der Waals surface area contributed by atoms with Gasteiger partial charge in [-0.15, -0.1) is 0 Å². The first kappa shape index (κ1) is 14.0. The van der Waals surface area contributed by atoms with Gasteiger partial charge in [0.1, 0.15) is 6.10 Å². The first-order valence-corrected chi connectivity index (χ1v) is 6.23. The number of nitrogens with one attached hydrogen (secondary N) is 1. The lowest BCUT2D eigenvalue weighted by atomic mass is 10.00. The summed E-state index contributed by atoms with van der Waals surface area (Å²) in [5.41, 5.74) is 1.57. The first-order chi connectivity index (χ1) is 9.58. The summed E-state index contributed by atoms with van der Waals surface area (Å²) in [5, 5.41) is 12.7. The third-order valence-electron chi connectivity index (χ3n) is 2.85. The minimum absolute atomic E-state index is 0.173. The molecule has 0 aliphatic rings. The SMILES string of the molecule is CC(=O)Nc1ccc(C(=O)C(O)c2ccccc2)cc1. The normalized spacial score (nSPS) is 11.7. The van der Waals surface area contributed by atoms with Crippen molar-refractivity contribution in [1.82, 2.24) is 0 Å². The molecule has 2 rings (SSSR count). The van der Waals surface area contributed by atoms with Crippen molar-refractivity contribution in [3.63, 3.8) is 0 Å². The fourth-order valence-corrected chi connectivity index (χ4v) is 1.87. The van der Waals surface area contributed by atoms with E-state index in [-0.39, 0.29) is 11.7 Å². The molecule has 0 saturated heterocycles. The molecule has 0 fully saturated rings.